The van der Waals surface area contributed by atoms with Gasteiger partial charge in [0.1, 0.15) is 5.38 Å². The summed E-state index contributed by atoms with van der Waals surface area (Å²) in [6, 6.07) is 0. The minimum atomic E-state index is -1.60. The first-order valence-electron chi connectivity index (χ1n) is 1.94. The molecular weight excluding hydrogens is 108 g/mol. The summed E-state index contributed by atoms with van der Waals surface area (Å²) >= 11 is 0. The second-order valence-electron chi connectivity index (χ2n) is 1.30. The molecule has 0 bridgehead atoms. The topological polar surface area (TPSA) is 40.5 Å². The Morgan fingerprint density at radius 3 is 2.43 bits per heavy atom. The summed E-state index contributed by atoms with van der Waals surface area (Å²) < 4.78 is 0. The summed E-state index contributed by atoms with van der Waals surface area (Å²) in [4.78, 5) is 8.69. The highest BCUT2D eigenvalue weighted by Crippen LogP contribution is 2.01. The zero-order valence-electron chi connectivity index (χ0n) is 3.63. The largest absolute Gasteiger partial charge is 0.514 e. The van der Waals surface area contributed by atoms with Crippen molar-refractivity contribution in [2.75, 3.05) is 0 Å². The van der Waals surface area contributed by atoms with Gasteiger partial charge in [-0.1, -0.05) is 11.8 Å². The molecule has 0 amide bonds. The van der Waals surface area contributed by atoms with Crippen LogP contribution in [0.25, 0.3) is 0 Å². The highest BCUT2D eigenvalue weighted by molar-refractivity contribution is 6.64. The summed E-state index contributed by atoms with van der Waals surface area (Å²) in [5.41, 5.74) is 1.61. The van der Waals surface area contributed by atoms with Crippen LogP contribution in [0.2, 0.25) is 0 Å². The number of hydrogen-bond acceptors (Lipinski definition) is 2. The Labute approximate surface area is 43.1 Å². The number of aliphatic hydroxyl groups is 1. The molecule has 0 aromatic heterocycles. The number of aliphatic hydroxyl groups excluding tert-OH is 1. The normalized spacial score (nSPS) is 20.4. The number of allylic oxidation sites excluding steroid dienone is 2. The molecule has 0 saturated carbocycles. The predicted octanol–water partition coefficient (Wildman–Crippen LogP) is 0.0603. The van der Waals surface area contributed by atoms with Gasteiger partial charge >= 0.3 is 9.04 Å². The molecule has 37 valence electrons. The van der Waals surface area contributed by atoms with Crippen LogP contribution >= 0.6 is 0 Å². The van der Waals surface area contributed by atoms with Crippen molar-refractivity contribution in [1.82, 2.24) is 0 Å². The van der Waals surface area contributed by atoms with Crippen molar-refractivity contribution in [3.63, 3.8) is 0 Å². The molecule has 0 atom stereocenters. The molecular formula is C4H5O2Si. The minimum Gasteiger partial charge on any atom is -0.514 e. The lowest BCUT2D eigenvalue weighted by molar-refractivity contribution is 0.426. The third-order valence-corrected chi connectivity index (χ3v) is 1.97. The van der Waals surface area contributed by atoms with Gasteiger partial charge in [-0.15, -0.1) is 0 Å². The fraction of sp³-hybridized carbons (Fsp3) is 0. The summed E-state index contributed by atoms with van der Waals surface area (Å²) in [7, 11) is -1.60. The molecule has 1 rings (SSSR count). The van der Waals surface area contributed by atoms with Gasteiger partial charge in [0.05, 0.1) is 0 Å². The van der Waals surface area contributed by atoms with Crippen LogP contribution in [0.15, 0.2) is 23.2 Å². The molecule has 0 fully saturated rings. The van der Waals surface area contributed by atoms with E-state index in [2.05, 4.69) is 0 Å². The second-order valence-corrected chi connectivity index (χ2v) is 2.91. The fourth-order valence-corrected chi connectivity index (χ4v) is 1.12. The Balaban J connectivity index is 2.69. The molecule has 0 aromatic rings. The van der Waals surface area contributed by atoms with Gasteiger partial charge < -0.3 is 9.90 Å². The predicted molar refractivity (Wildman–Crippen MR) is 27.8 cm³/mol. The van der Waals surface area contributed by atoms with Crippen molar-refractivity contribution in [3.05, 3.63) is 23.2 Å². The maximum atomic E-state index is 8.69. The lowest BCUT2D eigenvalue weighted by atomic mass is 10.6. The molecule has 2 nitrogen and oxygen atoms in total. The van der Waals surface area contributed by atoms with Gasteiger partial charge in [0.25, 0.3) is 0 Å². The lowest BCUT2D eigenvalue weighted by Crippen LogP contribution is -2.08. The molecule has 1 radical (unpaired) electrons. The van der Waals surface area contributed by atoms with E-state index in [4.69, 9.17) is 9.90 Å². The van der Waals surface area contributed by atoms with Gasteiger partial charge in [0.2, 0.25) is 0 Å². The van der Waals surface area contributed by atoms with Gasteiger partial charge in [-0.05, 0) is 6.08 Å². The lowest BCUT2D eigenvalue weighted by Gasteiger charge is -1.90. The van der Waals surface area contributed by atoms with Gasteiger partial charge in [-0.2, -0.15) is 0 Å². The molecule has 0 saturated heterocycles. The molecule has 0 unspecified atom stereocenters. The smallest absolute Gasteiger partial charge is 0.313 e. The first kappa shape index (κ1) is 4.61. The van der Waals surface area contributed by atoms with Crippen molar-refractivity contribution in [2.45, 2.75) is 0 Å². The maximum absolute atomic E-state index is 8.69. The molecule has 1 heterocycles. The molecule has 0 aromatic carbocycles. The minimum absolute atomic E-state index is 0.130. The second kappa shape index (κ2) is 1.52. The Bertz CT molecular complexity index is 128. The average molecular weight is 113 g/mol. The SMILES string of the molecule is OC1=CC=C[Si]1O. The first-order chi connectivity index (χ1) is 3.30. The van der Waals surface area contributed by atoms with Crippen molar-refractivity contribution in [3.8, 4) is 0 Å². The van der Waals surface area contributed by atoms with E-state index in [0.717, 1.165) is 0 Å². The summed E-state index contributed by atoms with van der Waals surface area (Å²) in [5, 5.41) is 8.72. The van der Waals surface area contributed by atoms with E-state index in [0.29, 0.717) is 0 Å². The third-order valence-electron chi connectivity index (χ3n) is 0.771. The quantitative estimate of drug-likeness (QED) is 0.436. The average Bonchev–Trinajstić information content (AvgIpc) is 1.91. The van der Waals surface area contributed by atoms with Crippen LogP contribution in [0.1, 0.15) is 0 Å². The van der Waals surface area contributed by atoms with E-state index in [9.17, 15) is 0 Å². The monoisotopic (exact) mass is 113 g/mol. The third kappa shape index (κ3) is 0.729. The van der Waals surface area contributed by atoms with E-state index in [-0.39, 0.29) is 5.38 Å². The van der Waals surface area contributed by atoms with Crippen LogP contribution in [0.3, 0.4) is 0 Å². The van der Waals surface area contributed by atoms with Crippen LogP contribution in [0, 0.1) is 0 Å². The molecule has 3 heteroatoms. The first-order valence-corrected chi connectivity index (χ1v) is 3.47. The van der Waals surface area contributed by atoms with Crippen LogP contribution in [0.5, 0.6) is 0 Å². The standard InChI is InChI=1S/C4H5O2Si/c5-4-2-1-3-7(4)6/h1-3,5-6H. The van der Waals surface area contributed by atoms with Crippen molar-refractivity contribution in [2.24, 2.45) is 0 Å². The molecule has 0 spiro atoms. The molecule has 1 aliphatic heterocycles. The number of rotatable bonds is 0. The van der Waals surface area contributed by atoms with Crippen molar-refractivity contribution in [1.29, 1.82) is 0 Å². The summed E-state index contributed by atoms with van der Waals surface area (Å²) in [6.45, 7) is 0. The Morgan fingerprint density at radius 1 is 1.57 bits per heavy atom. The van der Waals surface area contributed by atoms with E-state index in [1.54, 1.807) is 11.8 Å². The fourth-order valence-electron chi connectivity index (χ4n) is 0.401. The zero-order valence-corrected chi connectivity index (χ0v) is 4.63. The molecule has 2 N–H and O–H groups in total. The Kier molecular flexibility index (Phi) is 0.999. The Hall–Kier alpha value is -0.543. The van der Waals surface area contributed by atoms with Gasteiger partial charge in [-0.3, -0.25) is 0 Å². The molecule has 1 aliphatic rings. The van der Waals surface area contributed by atoms with Crippen molar-refractivity contribution >= 4 is 9.04 Å². The highest BCUT2D eigenvalue weighted by atomic mass is 28.3. The van der Waals surface area contributed by atoms with Crippen LogP contribution < -0.4 is 0 Å². The van der Waals surface area contributed by atoms with Gasteiger partial charge in [0.15, 0.2) is 0 Å². The van der Waals surface area contributed by atoms with Crippen LogP contribution in [-0.4, -0.2) is 18.9 Å². The summed E-state index contributed by atoms with van der Waals surface area (Å²) in [5.74, 6) is 0. The number of hydrogen-bond donors (Lipinski definition) is 2. The zero-order chi connectivity index (χ0) is 5.28. The highest BCUT2D eigenvalue weighted by Gasteiger charge is 2.12. The van der Waals surface area contributed by atoms with Crippen LogP contribution in [-0.2, 0) is 0 Å². The van der Waals surface area contributed by atoms with E-state index in [1.807, 2.05) is 0 Å². The van der Waals surface area contributed by atoms with E-state index >= 15 is 0 Å². The van der Waals surface area contributed by atoms with Crippen LogP contribution in [0.4, 0.5) is 0 Å². The van der Waals surface area contributed by atoms with E-state index in [1.165, 1.54) is 6.08 Å². The molecule has 7 heavy (non-hydrogen) atoms. The molecule has 0 aliphatic carbocycles. The van der Waals surface area contributed by atoms with E-state index < -0.39 is 9.04 Å². The van der Waals surface area contributed by atoms with Gasteiger partial charge in [-0.25, -0.2) is 0 Å². The van der Waals surface area contributed by atoms with Crippen molar-refractivity contribution < 1.29 is 9.90 Å². The maximum Gasteiger partial charge on any atom is 0.313 e. The summed E-state index contributed by atoms with van der Waals surface area (Å²) in [6.07, 6.45) is 3.16. The van der Waals surface area contributed by atoms with Gasteiger partial charge in [0, 0.05) is 0 Å². The Morgan fingerprint density at radius 2 is 2.29 bits per heavy atom.